The van der Waals surface area contributed by atoms with Crippen molar-refractivity contribution in [2.75, 3.05) is 27.2 Å². The number of aryl methyl sites for hydroxylation is 2. The van der Waals surface area contributed by atoms with E-state index < -0.39 is 0 Å². The van der Waals surface area contributed by atoms with E-state index >= 15 is 0 Å². The zero-order chi connectivity index (χ0) is 13.8. The van der Waals surface area contributed by atoms with Crippen molar-refractivity contribution in [3.05, 3.63) is 22.9 Å². The second kappa shape index (κ2) is 6.30. The van der Waals surface area contributed by atoms with Crippen LogP contribution in [0.2, 0.25) is 0 Å². The molecule has 0 saturated carbocycles. The fourth-order valence-corrected chi connectivity index (χ4v) is 2.44. The Balaban J connectivity index is 2.08. The smallest absolute Gasteiger partial charge is 0.224 e. The molecule has 0 atom stereocenters. The predicted octanol–water partition coefficient (Wildman–Crippen LogP) is 1.53. The highest BCUT2D eigenvalue weighted by molar-refractivity contribution is 7.80. The number of hydrogen-bond donors (Lipinski definition) is 1. The average molecular weight is 279 g/mol. The molecular formula is C14H21N3OS. The second-order valence-corrected chi connectivity index (χ2v) is 5.61. The van der Waals surface area contributed by atoms with Crippen LogP contribution in [0.1, 0.15) is 29.7 Å². The van der Waals surface area contributed by atoms with Crippen molar-refractivity contribution >= 4 is 17.2 Å². The Morgan fingerprint density at radius 2 is 2.26 bits per heavy atom. The van der Waals surface area contributed by atoms with Gasteiger partial charge in [0.25, 0.3) is 0 Å². The van der Waals surface area contributed by atoms with Gasteiger partial charge in [-0.3, -0.25) is 0 Å². The van der Waals surface area contributed by atoms with E-state index in [1.807, 2.05) is 14.1 Å². The zero-order valence-electron chi connectivity index (χ0n) is 11.6. The van der Waals surface area contributed by atoms with E-state index in [1.54, 1.807) is 0 Å². The highest BCUT2D eigenvalue weighted by Crippen LogP contribution is 2.26. The molecule has 0 amide bonds. The molecule has 0 aromatic carbocycles. The van der Waals surface area contributed by atoms with Gasteiger partial charge in [0, 0.05) is 12.2 Å². The summed E-state index contributed by atoms with van der Waals surface area (Å²) in [7, 11) is 4.10. The molecule has 0 fully saturated rings. The van der Waals surface area contributed by atoms with Gasteiger partial charge in [-0.25, -0.2) is 4.98 Å². The van der Waals surface area contributed by atoms with Gasteiger partial charge in [-0.1, -0.05) is 12.2 Å². The van der Waals surface area contributed by atoms with Gasteiger partial charge in [-0.15, -0.1) is 0 Å². The Kier molecular flexibility index (Phi) is 4.71. The van der Waals surface area contributed by atoms with E-state index in [0.717, 1.165) is 43.5 Å². The zero-order valence-corrected chi connectivity index (χ0v) is 12.4. The van der Waals surface area contributed by atoms with E-state index in [1.165, 1.54) is 5.56 Å². The minimum atomic E-state index is 0.366. The van der Waals surface area contributed by atoms with Crippen LogP contribution in [0.4, 0.5) is 0 Å². The van der Waals surface area contributed by atoms with Gasteiger partial charge in [0.15, 0.2) is 0 Å². The SMILES string of the molecule is CN(C)CCCOc1nc2c(cc1C(N)=S)CCC2. The van der Waals surface area contributed by atoms with Gasteiger partial charge in [-0.05, 0) is 51.4 Å². The normalized spacial score (nSPS) is 13.6. The number of thiocarbonyl (C=S) groups is 1. The molecule has 0 spiro atoms. The monoisotopic (exact) mass is 279 g/mol. The van der Waals surface area contributed by atoms with Crippen LogP contribution in [0.15, 0.2) is 6.07 Å². The van der Waals surface area contributed by atoms with Crippen molar-refractivity contribution in [1.29, 1.82) is 0 Å². The lowest BCUT2D eigenvalue weighted by atomic mass is 10.1. The van der Waals surface area contributed by atoms with Crippen LogP contribution < -0.4 is 10.5 Å². The van der Waals surface area contributed by atoms with Gasteiger partial charge in [0.2, 0.25) is 5.88 Å². The Labute approximate surface area is 120 Å². The van der Waals surface area contributed by atoms with Crippen LogP contribution in [0, 0.1) is 0 Å². The number of fused-ring (bicyclic) bond motifs is 1. The van der Waals surface area contributed by atoms with Gasteiger partial charge >= 0.3 is 0 Å². The minimum absolute atomic E-state index is 0.366. The lowest BCUT2D eigenvalue weighted by Gasteiger charge is -2.13. The molecular weight excluding hydrogens is 258 g/mol. The number of nitrogens with zero attached hydrogens (tertiary/aromatic N) is 2. The summed E-state index contributed by atoms with van der Waals surface area (Å²) in [6.07, 6.45) is 4.21. The van der Waals surface area contributed by atoms with Crippen molar-refractivity contribution in [2.45, 2.75) is 25.7 Å². The molecule has 104 valence electrons. The molecule has 1 aliphatic rings. The topological polar surface area (TPSA) is 51.4 Å². The molecule has 0 saturated heterocycles. The van der Waals surface area contributed by atoms with Crippen LogP contribution in [0.3, 0.4) is 0 Å². The Hall–Kier alpha value is -1.20. The van der Waals surface area contributed by atoms with E-state index in [-0.39, 0.29) is 0 Å². The first kappa shape index (κ1) is 14.2. The third-order valence-electron chi connectivity index (χ3n) is 3.27. The molecule has 1 aromatic rings. The molecule has 19 heavy (non-hydrogen) atoms. The number of nitrogens with two attached hydrogens (primary N) is 1. The molecule has 1 aromatic heterocycles. The third-order valence-corrected chi connectivity index (χ3v) is 3.49. The van der Waals surface area contributed by atoms with Gasteiger partial charge in [0.1, 0.15) is 4.99 Å². The highest BCUT2D eigenvalue weighted by Gasteiger charge is 2.18. The van der Waals surface area contributed by atoms with Crippen molar-refractivity contribution in [3.8, 4) is 5.88 Å². The van der Waals surface area contributed by atoms with Crippen LogP contribution in [0.5, 0.6) is 5.88 Å². The molecule has 2 N–H and O–H groups in total. The lowest BCUT2D eigenvalue weighted by molar-refractivity contribution is 0.272. The summed E-state index contributed by atoms with van der Waals surface area (Å²) in [5.41, 5.74) is 8.95. The van der Waals surface area contributed by atoms with Crippen LogP contribution in [0.25, 0.3) is 0 Å². The summed E-state index contributed by atoms with van der Waals surface area (Å²) in [6, 6.07) is 2.05. The molecule has 0 radical (unpaired) electrons. The fourth-order valence-electron chi connectivity index (χ4n) is 2.29. The summed E-state index contributed by atoms with van der Waals surface area (Å²) in [5, 5.41) is 0. The van der Waals surface area contributed by atoms with Crippen molar-refractivity contribution in [3.63, 3.8) is 0 Å². The average Bonchev–Trinajstić information content (AvgIpc) is 2.80. The largest absolute Gasteiger partial charge is 0.477 e. The predicted molar refractivity (Wildman–Crippen MR) is 80.8 cm³/mol. The fraction of sp³-hybridized carbons (Fsp3) is 0.571. The Bertz CT molecular complexity index is 474. The number of hydrogen-bond acceptors (Lipinski definition) is 4. The number of aromatic nitrogens is 1. The highest BCUT2D eigenvalue weighted by atomic mass is 32.1. The molecule has 0 aliphatic heterocycles. The molecule has 1 aliphatic carbocycles. The third kappa shape index (κ3) is 3.64. The molecule has 0 unspecified atom stereocenters. The van der Waals surface area contributed by atoms with E-state index in [2.05, 4.69) is 16.0 Å². The molecule has 2 rings (SSSR count). The maximum absolute atomic E-state index is 5.77. The molecule has 5 heteroatoms. The van der Waals surface area contributed by atoms with Gasteiger partial charge in [-0.2, -0.15) is 0 Å². The molecule has 0 bridgehead atoms. The quantitative estimate of drug-likeness (QED) is 0.632. The number of rotatable bonds is 6. The van der Waals surface area contributed by atoms with E-state index in [9.17, 15) is 0 Å². The van der Waals surface area contributed by atoms with Crippen molar-refractivity contribution in [2.24, 2.45) is 5.73 Å². The summed E-state index contributed by atoms with van der Waals surface area (Å²) < 4.78 is 5.77. The summed E-state index contributed by atoms with van der Waals surface area (Å²) in [6.45, 7) is 1.63. The van der Waals surface area contributed by atoms with Crippen LogP contribution in [-0.4, -0.2) is 42.1 Å². The first-order valence-electron chi connectivity index (χ1n) is 6.68. The summed E-state index contributed by atoms with van der Waals surface area (Å²) in [4.78, 5) is 7.09. The molecule has 4 nitrogen and oxygen atoms in total. The first-order chi connectivity index (χ1) is 9.08. The summed E-state index contributed by atoms with van der Waals surface area (Å²) >= 11 is 5.09. The maximum Gasteiger partial charge on any atom is 0.224 e. The standard InChI is InChI=1S/C14H21N3OS/c1-17(2)7-4-8-18-14-11(13(15)19)9-10-5-3-6-12(10)16-14/h9H,3-8H2,1-2H3,(H2,15,19). The Morgan fingerprint density at radius 1 is 1.47 bits per heavy atom. The lowest BCUT2D eigenvalue weighted by Crippen LogP contribution is -2.18. The number of pyridine rings is 1. The van der Waals surface area contributed by atoms with Gasteiger partial charge < -0.3 is 15.4 Å². The van der Waals surface area contributed by atoms with Crippen LogP contribution >= 0.6 is 12.2 Å². The van der Waals surface area contributed by atoms with Crippen LogP contribution in [-0.2, 0) is 12.8 Å². The second-order valence-electron chi connectivity index (χ2n) is 5.17. The Morgan fingerprint density at radius 3 is 2.95 bits per heavy atom. The maximum atomic E-state index is 5.77. The minimum Gasteiger partial charge on any atom is -0.477 e. The van der Waals surface area contributed by atoms with Crippen molar-refractivity contribution in [1.82, 2.24) is 9.88 Å². The summed E-state index contributed by atoms with van der Waals surface area (Å²) in [5.74, 6) is 0.604. The van der Waals surface area contributed by atoms with E-state index in [4.69, 9.17) is 22.7 Å². The van der Waals surface area contributed by atoms with Crippen molar-refractivity contribution < 1.29 is 4.74 Å². The van der Waals surface area contributed by atoms with Gasteiger partial charge in [0.05, 0.1) is 12.2 Å². The number of ether oxygens (including phenoxy) is 1. The van der Waals surface area contributed by atoms with E-state index in [0.29, 0.717) is 17.5 Å². The molecule has 1 heterocycles. The first-order valence-corrected chi connectivity index (χ1v) is 7.09.